The van der Waals surface area contributed by atoms with Crippen LogP contribution in [-0.4, -0.2) is 18.0 Å². The molecule has 1 aromatic carbocycles. The first kappa shape index (κ1) is 11.7. The van der Waals surface area contributed by atoms with E-state index in [0.29, 0.717) is 8.88 Å². The molecule has 1 fully saturated rings. The predicted molar refractivity (Wildman–Crippen MR) is 79.5 cm³/mol. The van der Waals surface area contributed by atoms with Gasteiger partial charge in [0, 0.05) is 36.9 Å². The fraction of sp³-hybridized carbons (Fsp3) is 0.467. The Balaban J connectivity index is 1.48. The van der Waals surface area contributed by atoms with E-state index in [-0.39, 0.29) is 0 Å². The molecule has 4 heteroatoms. The molecular weight excluding hydrogens is 253 g/mol. The number of allylic oxidation sites excluding steroid dienone is 1. The summed E-state index contributed by atoms with van der Waals surface area (Å²) in [5.41, 5.74) is 4.47. The lowest BCUT2D eigenvalue weighted by Crippen LogP contribution is -2.25. The first-order valence-corrected chi connectivity index (χ1v) is 8.16. The minimum Gasteiger partial charge on any atom is -0.352 e. The van der Waals surface area contributed by atoms with E-state index in [1.807, 2.05) is 0 Å². The van der Waals surface area contributed by atoms with Crippen LogP contribution < -0.4 is 10.2 Å². The average Bonchev–Trinajstić information content (AvgIpc) is 3.04. The van der Waals surface area contributed by atoms with Crippen LogP contribution in [0.2, 0.25) is 0 Å². The molecule has 1 aromatic rings. The Hall–Kier alpha value is -1.05. The predicted octanol–water partition coefficient (Wildman–Crippen LogP) is 2.44. The van der Waals surface area contributed by atoms with Crippen molar-refractivity contribution in [1.29, 1.82) is 0 Å². The molecule has 2 unspecified atom stereocenters. The van der Waals surface area contributed by atoms with E-state index >= 15 is 0 Å². The van der Waals surface area contributed by atoms with Crippen LogP contribution in [0.1, 0.15) is 18.4 Å². The fourth-order valence-electron chi connectivity index (χ4n) is 3.71. The maximum atomic E-state index is 3.58. The smallest absolute Gasteiger partial charge is 0.0739 e. The topological polar surface area (TPSA) is 27.3 Å². The molecule has 1 saturated heterocycles. The highest BCUT2D eigenvalue weighted by atomic mass is 31.1. The van der Waals surface area contributed by atoms with Crippen LogP contribution in [-0.2, 0) is 6.54 Å². The van der Waals surface area contributed by atoms with Gasteiger partial charge in [-0.05, 0) is 24.3 Å². The Labute approximate surface area is 116 Å². The number of benzene rings is 1. The van der Waals surface area contributed by atoms with Gasteiger partial charge in [0.1, 0.15) is 0 Å². The third kappa shape index (κ3) is 2.15. The number of nitrogens with one attached hydrogen (secondary N) is 2. The highest BCUT2D eigenvalue weighted by molar-refractivity contribution is 7.34. The molecule has 19 heavy (non-hydrogen) atoms. The molecule has 2 aliphatic heterocycles. The summed E-state index contributed by atoms with van der Waals surface area (Å²) >= 11 is 0. The monoisotopic (exact) mass is 273 g/mol. The Morgan fingerprint density at radius 1 is 1.16 bits per heavy atom. The second-order valence-electron chi connectivity index (χ2n) is 5.85. The summed E-state index contributed by atoms with van der Waals surface area (Å²) in [6.07, 6.45) is 2.60. The van der Waals surface area contributed by atoms with Crippen LogP contribution in [0.5, 0.6) is 0 Å². The molecule has 0 saturated carbocycles. The van der Waals surface area contributed by atoms with Gasteiger partial charge in [0.15, 0.2) is 0 Å². The van der Waals surface area contributed by atoms with Crippen molar-refractivity contribution < 1.29 is 0 Å². The van der Waals surface area contributed by atoms with Gasteiger partial charge in [-0.15, -0.1) is 0 Å². The molecule has 3 atom stereocenters. The number of likely N-dealkylation sites (tertiary alicyclic amines) is 1. The van der Waals surface area contributed by atoms with Gasteiger partial charge >= 0.3 is 0 Å². The number of hydrogen-bond donors (Lipinski definition) is 2. The fourth-order valence-corrected chi connectivity index (χ4v) is 4.66. The summed E-state index contributed by atoms with van der Waals surface area (Å²) in [7, 11) is 0.702. The molecule has 0 aromatic heterocycles. The van der Waals surface area contributed by atoms with Crippen LogP contribution in [0.4, 0.5) is 0 Å². The minimum atomic E-state index is 0.702. The number of fused-ring (bicyclic) bond motifs is 2. The van der Waals surface area contributed by atoms with Gasteiger partial charge in [0.2, 0.25) is 0 Å². The Kier molecular flexibility index (Phi) is 2.97. The lowest BCUT2D eigenvalue weighted by molar-refractivity contribution is 0.313. The summed E-state index contributed by atoms with van der Waals surface area (Å²) in [6, 6.07) is 10.9. The van der Waals surface area contributed by atoms with Crippen LogP contribution in [0.15, 0.2) is 41.7 Å². The summed E-state index contributed by atoms with van der Waals surface area (Å²) in [6.45, 7) is 3.59. The zero-order valence-corrected chi connectivity index (χ0v) is 12.0. The SMILES string of the molecule is c1ccc(CN2CC3CCC4=C(NPN4)[C@@H]3C2)cc1. The minimum absolute atomic E-state index is 0.702. The number of rotatable bonds is 2. The van der Waals surface area contributed by atoms with Crippen LogP contribution >= 0.6 is 8.88 Å². The van der Waals surface area contributed by atoms with E-state index in [9.17, 15) is 0 Å². The zero-order chi connectivity index (χ0) is 12.7. The first-order chi connectivity index (χ1) is 9.40. The van der Waals surface area contributed by atoms with Gasteiger partial charge < -0.3 is 10.2 Å². The number of hydrogen-bond acceptors (Lipinski definition) is 3. The summed E-state index contributed by atoms with van der Waals surface area (Å²) in [5, 5.41) is 7.10. The van der Waals surface area contributed by atoms with E-state index in [1.165, 1.54) is 42.9 Å². The lowest BCUT2D eigenvalue weighted by atomic mass is 9.83. The largest absolute Gasteiger partial charge is 0.352 e. The van der Waals surface area contributed by atoms with Crippen molar-refractivity contribution in [3.63, 3.8) is 0 Å². The molecule has 3 nitrogen and oxygen atoms in total. The first-order valence-electron chi connectivity index (χ1n) is 7.16. The molecule has 0 spiro atoms. The molecule has 4 rings (SSSR count). The summed E-state index contributed by atoms with van der Waals surface area (Å²) in [4.78, 5) is 2.63. The second-order valence-corrected chi connectivity index (χ2v) is 6.60. The van der Waals surface area contributed by atoms with Crippen molar-refractivity contribution >= 4 is 8.88 Å². The number of nitrogens with zero attached hydrogens (tertiary/aromatic N) is 1. The quantitative estimate of drug-likeness (QED) is 0.810. The Morgan fingerprint density at radius 3 is 2.95 bits per heavy atom. The maximum absolute atomic E-state index is 3.58. The Morgan fingerprint density at radius 2 is 2.05 bits per heavy atom. The van der Waals surface area contributed by atoms with Gasteiger partial charge in [-0.25, -0.2) is 0 Å². The van der Waals surface area contributed by atoms with Crippen LogP contribution in [0.3, 0.4) is 0 Å². The van der Waals surface area contributed by atoms with E-state index < -0.39 is 0 Å². The average molecular weight is 273 g/mol. The van der Waals surface area contributed by atoms with E-state index in [0.717, 1.165) is 18.4 Å². The van der Waals surface area contributed by atoms with Crippen molar-refractivity contribution in [1.82, 2.24) is 15.1 Å². The molecule has 2 heterocycles. The highest BCUT2D eigenvalue weighted by Gasteiger charge is 2.40. The van der Waals surface area contributed by atoms with E-state index in [2.05, 4.69) is 45.4 Å². The van der Waals surface area contributed by atoms with Crippen molar-refractivity contribution in [2.75, 3.05) is 13.1 Å². The van der Waals surface area contributed by atoms with Gasteiger partial charge in [-0.1, -0.05) is 30.3 Å². The van der Waals surface area contributed by atoms with E-state index in [4.69, 9.17) is 0 Å². The maximum Gasteiger partial charge on any atom is 0.0739 e. The molecule has 100 valence electrons. The zero-order valence-electron chi connectivity index (χ0n) is 11.0. The van der Waals surface area contributed by atoms with Crippen molar-refractivity contribution in [3.05, 3.63) is 47.3 Å². The molecule has 0 amide bonds. The van der Waals surface area contributed by atoms with Crippen molar-refractivity contribution in [2.45, 2.75) is 19.4 Å². The molecule has 0 radical (unpaired) electrons. The van der Waals surface area contributed by atoms with Gasteiger partial charge in [0.05, 0.1) is 8.88 Å². The van der Waals surface area contributed by atoms with E-state index in [1.54, 1.807) is 0 Å². The van der Waals surface area contributed by atoms with Crippen LogP contribution in [0, 0.1) is 11.8 Å². The van der Waals surface area contributed by atoms with Gasteiger partial charge in [-0.2, -0.15) is 0 Å². The highest BCUT2D eigenvalue weighted by Crippen LogP contribution is 2.42. The van der Waals surface area contributed by atoms with Crippen LogP contribution in [0.25, 0.3) is 0 Å². The summed E-state index contributed by atoms with van der Waals surface area (Å²) < 4.78 is 0. The third-order valence-corrected chi connectivity index (χ3v) is 5.46. The molecule has 1 aliphatic carbocycles. The standard InChI is InChI=1S/C15H20N3P/c1-2-4-11(5-3-1)8-18-9-12-6-7-14-15(13(12)10-18)17-19-16-14/h1-5,12-13,16-17,19H,6-10H2/t12?,13-/m1/s1. The van der Waals surface area contributed by atoms with Crippen molar-refractivity contribution in [3.8, 4) is 0 Å². The van der Waals surface area contributed by atoms with Gasteiger partial charge in [-0.3, -0.25) is 4.90 Å². The van der Waals surface area contributed by atoms with Gasteiger partial charge in [0.25, 0.3) is 0 Å². The van der Waals surface area contributed by atoms with Crippen molar-refractivity contribution in [2.24, 2.45) is 11.8 Å². The second kappa shape index (κ2) is 4.81. The molecule has 2 N–H and O–H groups in total. The lowest BCUT2D eigenvalue weighted by Gasteiger charge is -2.25. The Bertz CT molecular complexity index is 499. The normalized spacial score (nSPS) is 30.9. The third-order valence-electron chi connectivity index (χ3n) is 4.64. The molecule has 3 aliphatic rings. The molecular formula is C15H20N3P. The molecule has 0 bridgehead atoms. The summed E-state index contributed by atoms with van der Waals surface area (Å²) in [5.74, 6) is 1.61.